The number of hydrogen-bond donors (Lipinski definition) is 0. The number of hydrogen-bond acceptors (Lipinski definition) is 3. The van der Waals surface area contributed by atoms with Gasteiger partial charge in [0.2, 0.25) is 0 Å². The molecule has 3 nitrogen and oxygen atoms in total. The van der Waals surface area contributed by atoms with E-state index in [0.717, 1.165) is 41.0 Å². The first-order chi connectivity index (χ1) is 14.0. The Labute approximate surface area is 174 Å². The van der Waals surface area contributed by atoms with Crippen LogP contribution in [0.5, 0.6) is 5.75 Å². The van der Waals surface area contributed by atoms with Crippen LogP contribution < -0.4 is 4.74 Å². The van der Waals surface area contributed by atoms with Crippen molar-refractivity contribution in [2.24, 2.45) is 22.7 Å². The number of nitrogens with zero attached hydrogens (tertiary/aromatic N) is 1. The fraction of sp³-hybridized carbons (Fsp3) is 0.385. The topological polar surface area (TPSA) is 38.7 Å². The summed E-state index contributed by atoms with van der Waals surface area (Å²) in [6, 6.07) is 16.0. The van der Waals surface area contributed by atoms with E-state index in [2.05, 4.69) is 31.8 Å². The average Bonchev–Trinajstić information content (AvgIpc) is 2.71. The average molecular weight is 390 g/mol. The van der Waals surface area contributed by atoms with E-state index < -0.39 is 0 Å². The molecule has 0 aliphatic heterocycles. The lowest BCUT2D eigenvalue weighted by atomic mass is 9.73. The van der Waals surface area contributed by atoms with Crippen LogP contribution in [0.15, 0.2) is 59.1 Å². The Bertz CT molecular complexity index is 876. The summed E-state index contributed by atoms with van der Waals surface area (Å²) in [7, 11) is 0. The first-order valence-corrected chi connectivity index (χ1v) is 10.6. The Morgan fingerprint density at radius 3 is 2.31 bits per heavy atom. The maximum atomic E-state index is 12.9. The molecule has 3 heteroatoms. The van der Waals surface area contributed by atoms with Gasteiger partial charge in [0.05, 0.1) is 12.3 Å². The van der Waals surface area contributed by atoms with Crippen molar-refractivity contribution in [3.63, 3.8) is 0 Å². The molecule has 0 amide bonds. The highest BCUT2D eigenvalue weighted by Gasteiger charge is 2.32. The Balaban J connectivity index is 1.71. The van der Waals surface area contributed by atoms with Gasteiger partial charge >= 0.3 is 0 Å². The Morgan fingerprint density at radius 2 is 1.69 bits per heavy atom. The fourth-order valence-electron chi connectivity index (χ4n) is 3.82. The molecule has 1 saturated carbocycles. The van der Waals surface area contributed by atoms with Crippen molar-refractivity contribution in [1.29, 1.82) is 0 Å². The molecule has 1 aliphatic carbocycles. The molecule has 3 rings (SSSR count). The van der Waals surface area contributed by atoms with E-state index in [0.29, 0.717) is 24.2 Å². The summed E-state index contributed by atoms with van der Waals surface area (Å²) in [6.45, 7) is 9.09. The van der Waals surface area contributed by atoms with Gasteiger partial charge < -0.3 is 4.74 Å². The van der Waals surface area contributed by atoms with Crippen LogP contribution >= 0.6 is 0 Å². The second-order valence-corrected chi connectivity index (χ2v) is 8.14. The summed E-state index contributed by atoms with van der Waals surface area (Å²) in [5.41, 5.74) is 3.95. The molecule has 0 heterocycles. The molecule has 0 radical (unpaired) electrons. The maximum absolute atomic E-state index is 12.9. The molecule has 2 unspecified atom stereocenters. The van der Waals surface area contributed by atoms with Crippen molar-refractivity contribution in [3.8, 4) is 5.75 Å². The first-order valence-electron chi connectivity index (χ1n) is 10.6. The van der Waals surface area contributed by atoms with Crippen LogP contribution in [0.4, 0.5) is 5.69 Å². The quantitative estimate of drug-likeness (QED) is 0.418. The van der Waals surface area contributed by atoms with E-state index in [1.165, 1.54) is 0 Å². The van der Waals surface area contributed by atoms with Crippen LogP contribution in [0.25, 0.3) is 6.08 Å². The SMILES string of the molecule is CCOc1ccc(C=Nc2ccc(/C=C3\C(=O)C(C(C)C)CCC3C)cc2)cc1. The number of ether oxygens (including phenoxy) is 1. The summed E-state index contributed by atoms with van der Waals surface area (Å²) >= 11 is 0. The highest BCUT2D eigenvalue weighted by molar-refractivity contribution is 6.02. The molecule has 152 valence electrons. The van der Waals surface area contributed by atoms with Gasteiger partial charge in [-0.25, -0.2) is 0 Å². The Kier molecular flexibility index (Phi) is 7.03. The van der Waals surface area contributed by atoms with Crippen LogP contribution in [0.2, 0.25) is 0 Å². The van der Waals surface area contributed by atoms with Gasteiger partial charge in [-0.2, -0.15) is 0 Å². The molecule has 0 spiro atoms. The molecule has 2 aromatic carbocycles. The van der Waals surface area contributed by atoms with Gasteiger partial charge in [-0.15, -0.1) is 0 Å². The Morgan fingerprint density at radius 1 is 1.03 bits per heavy atom. The predicted molar refractivity (Wildman–Crippen MR) is 121 cm³/mol. The molecular formula is C26H31NO2. The Hall–Kier alpha value is -2.68. The van der Waals surface area contributed by atoms with E-state index in [4.69, 9.17) is 4.74 Å². The van der Waals surface area contributed by atoms with Crippen LogP contribution in [-0.4, -0.2) is 18.6 Å². The van der Waals surface area contributed by atoms with Gasteiger partial charge in [-0.05, 0) is 90.8 Å². The van der Waals surface area contributed by atoms with Crippen molar-refractivity contribution in [1.82, 2.24) is 0 Å². The second-order valence-electron chi connectivity index (χ2n) is 8.14. The van der Waals surface area contributed by atoms with Gasteiger partial charge in [0, 0.05) is 12.1 Å². The molecular weight excluding hydrogens is 358 g/mol. The number of benzene rings is 2. The van der Waals surface area contributed by atoms with Crippen LogP contribution in [0, 0.1) is 17.8 Å². The zero-order valence-corrected chi connectivity index (χ0v) is 17.9. The van der Waals surface area contributed by atoms with Gasteiger partial charge in [0.25, 0.3) is 0 Å². The van der Waals surface area contributed by atoms with Crippen LogP contribution in [-0.2, 0) is 4.79 Å². The highest BCUT2D eigenvalue weighted by Crippen LogP contribution is 2.35. The summed E-state index contributed by atoms with van der Waals surface area (Å²) in [5, 5.41) is 0. The van der Waals surface area contributed by atoms with E-state index in [1.807, 2.05) is 61.7 Å². The predicted octanol–water partition coefficient (Wildman–Crippen LogP) is 6.49. The van der Waals surface area contributed by atoms with E-state index in [1.54, 1.807) is 0 Å². The lowest BCUT2D eigenvalue weighted by Crippen LogP contribution is -2.30. The monoisotopic (exact) mass is 389 g/mol. The number of carbonyl (C=O) groups is 1. The van der Waals surface area contributed by atoms with Gasteiger partial charge in [0.1, 0.15) is 5.75 Å². The maximum Gasteiger partial charge on any atom is 0.162 e. The van der Waals surface area contributed by atoms with Crippen LogP contribution in [0.3, 0.4) is 0 Å². The molecule has 1 aliphatic rings. The lowest BCUT2D eigenvalue weighted by Gasteiger charge is -2.30. The zero-order chi connectivity index (χ0) is 20.8. The normalized spacial score (nSPS) is 21.3. The second kappa shape index (κ2) is 9.69. The number of carbonyl (C=O) groups excluding carboxylic acids is 1. The van der Waals surface area contributed by atoms with Gasteiger partial charge in [-0.3, -0.25) is 9.79 Å². The zero-order valence-electron chi connectivity index (χ0n) is 17.9. The molecule has 1 fully saturated rings. The minimum atomic E-state index is 0.162. The summed E-state index contributed by atoms with van der Waals surface area (Å²) in [4.78, 5) is 17.4. The lowest BCUT2D eigenvalue weighted by molar-refractivity contribution is -0.122. The van der Waals surface area contributed by atoms with Crippen molar-refractivity contribution < 1.29 is 9.53 Å². The van der Waals surface area contributed by atoms with Gasteiger partial charge in [0.15, 0.2) is 5.78 Å². The largest absolute Gasteiger partial charge is 0.494 e. The minimum absolute atomic E-state index is 0.162. The van der Waals surface area contributed by atoms with Crippen molar-refractivity contribution in [2.45, 2.75) is 40.5 Å². The summed E-state index contributed by atoms with van der Waals surface area (Å²) < 4.78 is 5.46. The molecule has 0 bridgehead atoms. The fourth-order valence-corrected chi connectivity index (χ4v) is 3.82. The smallest absolute Gasteiger partial charge is 0.162 e. The minimum Gasteiger partial charge on any atom is -0.494 e. The molecule has 2 atom stereocenters. The van der Waals surface area contributed by atoms with E-state index in [-0.39, 0.29) is 5.92 Å². The number of allylic oxidation sites excluding steroid dienone is 1. The van der Waals surface area contributed by atoms with E-state index in [9.17, 15) is 4.79 Å². The third kappa shape index (κ3) is 5.44. The van der Waals surface area contributed by atoms with E-state index >= 15 is 0 Å². The number of rotatable bonds is 6. The summed E-state index contributed by atoms with van der Waals surface area (Å²) in [6.07, 6.45) is 6.02. The number of aliphatic imine (C=N–C) groups is 1. The molecule has 0 aromatic heterocycles. The molecule has 0 N–H and O–H groups in total. The molecule has 2 aromatic rings. The molecule has 29 heavy (non-hydrogen) atoms. The highest BCUT2D eigenvalue weighted by atomic mass is 16.5. The number of ketones is 1. The third-order valence-electron chi connectivity index (χ3n) is 5.64. The third-order valence-corrected chi connectivity index (χ3v) is 5.64. The number of Topliss-reactive ketones (excluding diaryl/α,β-unsaturated/α-hetero) is 1. The van der Waals surface area contributed by atoms with Crippen molar-refractivity contribution in [2.75, 3.05) is 6.61 Å². The van der Waals surface area contributed by atoms with Crippen LogP contribution in [0.1, 0.15) is 51.7 Å². The van der Waals surface area contributed by atoms with Gasteiger partial charge in [-0.1, -0.05) is 32.9 Å². The summed E-state index contributed by atoms with van der Waals surface area (Å²) in [5.74, 6) is 2.09. The molecule has 0 saturated heterocycles. The van der Waals surface area contributed by atoms with Crippen molar-refractivity contribution >= 4 is 23.8 Å². The van der Waals surface area contributed by atoms with Crippen molar-refractivity contribution in [3.05, 3.63) is 65.2 Å². The first kappa shape index (κ1) is 21.0. The standard InChI is InChI=1S/C26H31NO2/c1-5-29-23-13-9-21(10-14-23)17-27-22-11-7-20(8-12-22)16-25-19(4)6-15-24(18(2)3)26(25)28/h7-14,16-19,24H,5-6,15H2,1-4H3/b25-16-,27-17?.